The molecule has 0 bridgehead atoms. The van der Waals surface area contributed by atoms with E-state index in [4.69, 9.17) is 12.2 Å². The zero-order valence-corrected chi connectivity index (χ0v) is 14.8. The predicted molar refractivity (Wildman–Crippen MR) is 88.6 cm³/mol. The molecule has 0 aromatic heterocycles. The van der Waals surface area contributed by atoms with Crippen molar-refractivity contribution < 1.29 is 16.8 Å². The first-order valence-corrected chi connectivity index (χ1v) is 10.8. The first-order chi connectivity index (χ1) is 9.60. The van der Waals surface area contributed by atoms with Crippen molar-refractivity contribution in [2.45, 2.75) is 26.3 Å². The summed E-state index contributed by atoms with van der Waals surface area (Å²) in [5.74, 6) is 0.118. The van der Waals surface area contributed by atoms with Gasteiger partial charge in [-0.3, -0.25) is 0 Å². The van der Waals surface area contributed by atoms with Crippen molar-refractivity contribution in [2.24, 2.45) is 0 Å². The third-order valence-corrected chi connectivity index (χ3v) is 7.12. The summed E-state index contributed by atoms with van der Waals surface area (Å²) in [6.45, 7) is 7.68. The highest BCUT2D eigenvalue weighted by Crippen LogP contribution is 2.18. The molecule has 6 nitrogen and oxygen atoms in total. The Morgan fingerprint density at radius 2 is 2.05 bits per heavy atom. The molecule has 1 aliphatic rings. The topological polar surface area (TPSA) is 83.6 Å². The fourth-order valence-electron chi connectivity index (χ4n) is 2.22. The zero-order valence-electron chi connectivity index (χ0n) is 12.3. The molecule has 1 heterocycles. The molecule has 1 rings (SSSR count). The van der Waals surface area contributed by atoms with Gasteiger partial charge < -0.3 is 10.2 Å². The van der Waals surface area contributed by atoms with Crippen LogP contribution in [-0.2, 0) is 19.7 Å². The van der Waals surface area contributed by atoms with Gasteiger partial charge in [0.2, 0.25) is 0 Å². The van der Waals surface area contributed by atoms with Gasteiger partial charge in [0, 0.05) is 24.0 Å². The van der Waals surface area contributed by atoms with Gasteiger partial charge in [-0.25, -0.2) is 16.8 Å². The van der Waals surface area contributed by atoms with Gasteiger partial charge >= 0.3 is 0 Å². The summed E-state index contributed by atoms with van der Waals surface area (Å²) in [6, 6.07) is -0.157. The van der Waals surface area contributed by atoms with Crippen LogP contribution in [0.1, 0.15) is 20.3 Å². The Kier molecular flexibility index (Phi) is 6.18. The smallest absolute Gasteiger partial charge is 0.173 e. The molecule has 1 saturated heterocycles. The number of nitrogens with one attached hydrogen (secondary N) is 1. The fraction of sp³-hybridized carbons (Fsp3) is 0.750. The van der Waals surface area contributed by atoms with E-state index in [1.54, 1.807) is 11.8 Å². The first kappa shape index (κ1) is 18.4. The van der Waals surface area contributed by atoms with E-state index in [1.165, 1.54) is 0 Å². The van der Waals surface area contributed by atoms with Crippen molar-refractivity contribution in [1.29, 1.82) is 0 Å². The first-order valence-electron chi connectivity index (χ1n) is 6.76. The van der Waals surface area contributed by atoms with Gasteiger partial charge in [0.25, 0.3) is 0 Å². The Hall–Kier alpha value is -0.670. The van der Waals surface area contributed by atoms with Crippen LogP contribution in [0.15, 0.2) is 12.3 Å². The number of sulfone groups is 2. The monoisotopic (exact) mass is 354 g/mol. The molecule has 122 valence electrons. The molecule has 0 saturated carbocycles. The number of rotatable bonds is 6. The number of thiocarbonyl (C=S) groups is 1. The highest BCUT2D eigenvalue weighted by Gasteiger charge is 2.32. The summed E-state index contributed by atoms with van der Waals surface area (Å²) in [5, 5.41) is 3.14. The highest BCUT2D eigenvalue weighted by molar-refractivity contribution is 7.91. The van der Waals surface area contributed by atoms with E-state index >= 15 is 0 Å². The van der Waals surface area contributed by atoms with Crippen molar-refractivity contribution >= 4 is 37.0 Å². The van der Waals surface area contributed by atoms with Crippen molar-refractivity contribution in [1.82, 2.24) is 10.2 Å². The molecular weight excluding hydrogens is 332 g/mol. The quantitative estimate of drug-likeness (QED) is 0.688. The molecule has 1 atom stereocenters. The number of hydrogen-bond acceptors (Lipinski definition) is 5. The van der Waals surface area contributed by atoms with Gasteiger partial charge in [0.15, 0.2) is 24.8 Å². The summed E-state index contributed by atoms with van der Waals surface area (Å²) >= 11 is 5.25. The Morgan fingerprint density at radius 3 is 2.48 bits per heavy atom. The largest absolute Gasteiger partial charge is 0.345 e. The SMILES string of the molecule is C=C(CS(=O)(=O)CC)NC(=S)N(CC)C1CCS(=O)(=O)C1. The van der Waals surface area contributed by atoms with Crippen molar-refractivity contribution in [3.8, 4) is 0 Å². The van der Waals surface area contributed by atoms with Crippen LogP contribution in [0.5, 0.6) is 0 Å². The Bertz CT molecular complexity index is 610. The molecule has 0 aromatic rings. The van der Waals surface area contributed by atoms with Gasteiger partial charge in [-0.1, -0.05) is 13.5 Å². The molecule has 9 heteroatoms. The molecule has 0 aliphatic carbocycles. The van der Waals surface area contributed by atoms with Crippen molar-refractivity contribution in [3.05, 3.63) is 12.3 Å². The van der Waals surface area contributed by atoms with Crippen LogP contribution >= 0.6 is 12.2 Å². The van der Waals surface area contributed by atoms with Crippen LogP contribution in [0.2, 0.25) is 0 Å². The minimum absolute atomic E-state index is 0.0405. The van der Waals surface area contributed by atoms with E-state index in [2.05, 4.69) is 11.9 Å². The van der Waals surface area contributed by atoms with Gasteiger partial charge in [-0.15, -0.1) is 0 Å². The van der Waals surface area contributed by atoms with Crippen molar-refractivity contribution in [2.75, 3.05) is 29.6 Å². The lowest BCUT2D eigenvalue weighted by Gasteiger charge is -2.30. The second-order valence-electron chi connectivity index (χ2n) is 5.05. The van der Waals surface area contributed by atoms with Crippen LogP contribution in [0, 0.1) is 0 Å². The van der Waals surface area contributed by atoms with Crippen molar-refractivity contribution in [3.63, 3.8) is 0 Å². The molecule has 1 fully saturated rings. The van der Waals surface area contributed by atoms with E-state index in [9.17, 15) is 16.8 Å². The molecule has 1 unspecified atom stereocenters. The normalized spacial score (nSPS) is 21.0. The zero-order chi connectivity index (χ0) is 16.3. The van der Waals surface area contributed by atoms with Gasteiger partial charge in [0.1, 0.15) is 0 Å². The highest BCUT2D eigenvalue weighted by atomic mass is 32.2. The number of nitrogens with zero attached hydrogens (tertiary/aromatic N) is 1. The number of hydrogen-bond donors (Lipinski definition) is 1. The Morgan fingerprint density at radius 1 is 1.43 bits per heavy atom. The molecule has 21 heavy (non-hydrogen) atoms. The maximum atomic E-state index is 11.5. The molecule has 1 aliphatic heterocycles. The molecule has 1 N–H and O–H groups in total. The Labute approximate surface area is 132 Å². The van der Waals surface area contributed by atoms with E-state index < -0.39 is 19.7 Å². The molecular formula is C12H22N2O4S3. The van der Waals surface area contributed by atoms with E-state index in [0.29, 0.717) is 23.8 Å². The third-order valence-electron chi connectivity index (χ3n) is 3.37. The van der Waals surface area contributed by atoms with Crippen LogP contribution in [0.4, 0.5) is 0 Å². The maximum Gasteiger partial charge on any atom is 0.173 e. The lowest BCUT2D eigenvalue weighted by atomic mass is 10.2. The maximum absolute atomic E-state index is 11.5. The van der Waals surface area contributed by atoms with Gasteiger partial charge in [-0.2, -0.15) is 0 Å². The van der Waals surface area contributed by atoms with E-state index in [-0.39, 0.29) is 29.1 Å². The van der Waals surface area contributed by atoms with E-state index in [0.717, 1.165) is 0 Å². The lowest BCUT2D eigenvalue weighted by molar-refractivity contribution is 0.348. The fourth-order valence-corrected chi connectivity index (χ4v) is 5.18. The average Bonchev–Trinajstić information content (AvgIpc) is 2.69. The summed E-state index contributed by atoms with van der Waals surface area (Å²) < 4.78 is 46.2. The van der Waals surface area contributed by atoms with Gasteiger partial charge in [-0.05, 0) is 25.6 Å². The molecule has 0 amide bonds. The molecule has 0 radical (unpaired) electrons. The van der Waals surface area contributed by atoms with Crippen LogP contribution in [0.3, 0.4) is 0 Å². The van der Waals surface area contributed by atoms with Crippen LogP contribution < -0.4 is 5.32 Å². The van der Waals surface area contributed by atoms with E-state index in [1.807, 2.05) is 6.92 Å². The minimum atomic E-state index is -3.17. The summed E-state index contributed by atoms with van der Waals surface area (Å²) in [5.41, 5.74) is 0.307. The Balaban J connectivity index is 2.66. The summed E-state index contributed by atoms with van der Waals surface area (Å²) in [4.78, 5) is 1.78. The third kappa shape index (κ3) is 5.55. The summed E-state index contributed by atoms with van der Waals surface area (Å²) in [6.07, 6.45) is 0.539. The minimum Gasteiger partial charge on any atom is -0.345 e. The van der Waals surface area contributed by atoms with Crippen LogP contribution in [-0.4, -0.2) is 62.4 Å². The standard InChI is InChI=1S/C12H22N2O4S3/c1-4-14(11-6-7-21(17,18)9-11)12(19)13-10(3)8-20(15,16)5-2/h11H,3-9H2,1-2H3,(H,13,19). The summed E-state index contributed by atoms with van der Waals surface area (Å²) in [7, 11) is -6.16. The van der Waals surface area contributed by atoms with Gasteiger partial charge in [0.05, 0.1) is 17.3 Å². The molecule has 0 spiro atoms. The predicted octanol–water partition coefficient (Wildman–Crippen LogP) is 0.318. The average molecular weight is 355 g/mol. The van der Waals surface area contributed by atoms with Crippen LogP contribution in [0.25, 0.3) is 0 Å². The second-order valence-corrected chi connectivity index (χ2v) is 10.0. The lowest BCUT2D eigenvalue weighted by Crippen LogP contribution is -2.46. The second kappa shape index (κ2) is 7.06. The molecule has 0 aromatic carbocycles.